The maximum Gasteiger partial charge on any atom is 0.232 e. The van der Waals surface area contributed by atoms with Gasteiger partial charge in [0.15, 0.2) is 0 Å². The van der Waals surface area contributed by atoms with Crippen LogP contribution in [-0.2, 0) is 4.79 Å². The van der Waals surface area contributed by atoms with Gasteiger partial charge in [-0.15, -0.1) is 11.3 Å². The second kappa shape index (κ2) is 7.71. The Labute approximate surface area is 154 Å². The number of nitrogens with zero attached hydrogens (tertiary/aromatic N) is 1. The maximum absolute atomic E-state index is 13.2. The van der Waals surface area contributed by atoms with Gasteiger partial charge in [-0.05, 0) is 50.7 Å². The molecule has 1 amide bonds. The van der Waals surface area contributed by atoms with Crippen molar-refractivity contribution in [3.63, 3.8) is 0 Å². The molecule has 2 aromatic rings. The molecule has 3 rings (SSSR count). The molecule has 4 heteroatoms. The van der Waals surface area contributed by atoms with Crippen molar-refractivity contribution in [3.05, 3.63) is 41.8 Å². The lowest BCUT2D eigenvalue weighted by Crippen LogP contribution is -2.46. The highest BCUT2D eigenvalue weighted by Gasteiger charge is 2.36. The highest BCUT2D eigenvalue weighted by Crippen LogP contribution is 2.36. The largest absolute Gasteiger partial charge is 0.392 e. The molecule has 0 spiro atoms. The summed E-state index contributed by atoms with van der Waals surface area (Å²) in [6.07, 6.45) is 1.99. The topological polar surface area (TPSA) is 40.5 Å². The molecule has 1 fully saturated rings. The molecule has 1 aliphatic carbocycles. The van der Waals surface area contributed by atoms with Gasteiger partial charge in [-0.25, -0.2) is 0 Å². The van der Waals surface area contributed by atoms with Crippen molar-refractivity contribution in [3.8, 4) is 10.4 Å². The van der Waals surface area contributed by atoms with Crippen molar-refractivity contribution < 1.29 is 9.90 Å². The van der Waals surface area contributed by atoms with Crippen LogP contribution in [0.15, 0.2) is 41.8 Å². The molecule has 0 unspecified atom stereocenters. The van der Waals surface area contributed by atoms with E-state index in [1.54, 1.807) is 11.3 Å². The Kier molecular flexibility index (Phi) is 5.60. The summed E-state index contributed by atoms with van der Waals surface area (Å²) in [7, 11) is 0. The van der Waals surface area contributed by atoms with Crippen LogP contribution in [0.4, 0.5) is 5.69 Å². The van der Waals surface area contributed by atoms with Crippen LogP contribution in [0.5, 0.6) is 0 Å². The molecule has 0 aliphatic heterocycles. The van der Waals surface area contributed by atoms with Crippen molar-refractivity contribution in [2.24, 2.45) is 11.8 Å². The predicted molar refractivity (Wildman–Crippen MR) is 105 cm³/mol. The van der Waals surface area contributed by atoms with E-state index in [1.807, 2.05) is 36.9 Å². The second-order valence-electron chi connectivity index (χ2n) is 7.43. The fourth-order valence-corrected chi connectivity index (χ4v) is 4.59. The summed E-state index contributed by atoms with van der Waals surface area (Å²) in [5.74, 6) is 0.280. The lowest BCUT2D eigenvalue weighted by Gasteiger charge is -2.35. The van der Waals surface area contributed by atoms with Gasteiger partial charge in [0.25, 0.3) is 0 Å². The van der Waals surface area contributed by atoms with Crippen LogP contribution in [0, 0.1) is 11.8 Å². The van der Waals surface area contributed by atoms with Crippen molar-refractivity contribution in [1.82, 2.24) is 0 Å². The zero-order valence-electron chi connectivity index (χ0n) is 15.2. The third-order valence-corrected chi connectivity index (χ3v) is 6.04. The number of hydrogen-bond donors (Lipinski definition) is 1. The number of carbonyl (C=O) groups excluding carboxylic acids is 1. The molecule has 0 radical (unpaired) electrons. The van der Waals surface area contributed by atoms with Crippen molar-refractivity contribution in [2.75, 3.05) is 4.90 Å². The minimum absolute atomic E-state index is 0.0619. The molecule has 1 N–H and O–H groups in total. The number of amides is 1. The molecule has 1 aliphatic rings. The van der Waals surface area contributed by atoms with Crippen LogP contribution >= 0.6 is 11.3 Å². The lowest BCUT2D eigenvalue weighted by molar-refractivity contribution is -0.128. The van der Waals surface area contributed by atoms with E-state index in [1.165, 1.54) is 5.56 Å². The van der Waals surface area contributed by atoms with Crippen LogP contribution in [0.2, 0.25) is 0 Å². The summed E-state index contributed by atoms with van der Waals surface area (Å²) < 4.78 is 0. The molecule has 1 aromatic carbocycles. The number of anilines is 1. The van der Waals surface area contributed by atoms with E-state index in [4.69, 9.17) is 0 Å². The summed E-state index contributed by atoms with van der Waals surface area (Å²) in [6.45, 7) is 6.22. The van der Waals surface area contributed by atoms with Gasteiger partial charge >= 0.3 is 0 Å². The quantitative estimate of drug-likeness (QED) is 0.841. The fourth-order valence-electron chi connectivity index (χ4n) is 3.70. The van der Waals surface area contributed by atoms with E-state index in [-0.39, 0.29) is 17.9 Å². The first-order valence-corrected chi connectivity index (χ1v) is 10.0. The molecule has 0 bridgehead atoms. The van der Waals surface area contributed by atoms with Crippen molar-refractivity contribution >= 4 is 22.9 Å². The molecular weight excluding hydrogens is 330 g/mol. The van der Waals surface area contributed by atoms with E-state index in [0.29, 0.717) is 5.92 Å². The Bertz CT molecular complexity index is 710. The monoisotopic (exact) mass is 357 g/mol. The molecule has 3 atom stereocenters. The number of aliphatic hydroxyl groups excluding tert-OH is 1. The number of rotatable bonds is 4. The Balaban J connectivity index is 1.84. The Morgan fingerprint density at radius 2 is 1.96 bits per heavy atom. The third kappa shape index (κ3) is 3.96. The number of carbonyl (C=O) groups is 1. The van der Waals surface area contributed by atoms with E-state index in [0.717, 1.165) is 29.8 Å². The Hall–Kier alpha value is -1.65. The zero-order valence-corrected chi connectivity index (χ0v) is 16.0. The van der Waals surface area contributed by atoms with Gasteiger partial charge in [-0.3, -0.25) is 4.79 Å². The molecular formula is C21H27NO2S. The Morgan fingerprint density at radius 3 is 2.60 bits per heavy atom. The first kappa shape index (κ1) is 18.2. The van der Waals surface area contributed by atoms with Gasteiger partial charge < -0.3 is 10.0 Å². The van der Waals surface area contributed by atoms with Crippen LogP contribution < -0.4 is 4.90 Å². The lowest BCUT2D eigenvalue weighted by atomic mass is 9.80. The van der Waals surface area contributed by atoms with Crippen LogP contribution in [0.1, 0.15) is 40.0 Å². The number of thiophene rings is 1. The Morgan fingerprint density at radius 1 is 1.24 bits per heavy atom. The van der Waals surface area contributed by atoms with E-state index in [9.17, 15) is 9.90 Å². The average Bonchev–Trinajstić information content (AvgIpc) is 3.05. The van der Waals surface area contributed by atoms with E-state index >= 15 is 0 Å². The van der Waals surface area contributed by atoms with Gasteiger partial charge in [0.05, 0.1) is 17.7 Å². The van der Waals surface area contributed by atoms with Crippen LogP contribution in [0.3, 0.4) is 0 Å². The average molecular weight is 358 g/mol. The molecule has 3 nitrogen and oxygen atoms in total. The number of hydrogen-bond acceptors (Lipinski definition) is 3. The van der Waals surface area contributed by atoms with Gasteiger partial charge in [-0.1, -0.05) is 37.3 Å². The van der Waals surface area contributed by atoms with Crippen LogP contribution in [0.25, 0.3) is 10.4 Å². The fraction of sp³-hybridized carbons (Fsp3) is 0.476. The third-order valence-electron chi connectivity index (χ3n) is 5.07. The molecule has 1 aromatic heterocycles. The minimum Gasteiger partial charge on any atom is -0.392 e. The highest BCUT2D eigenvalue weighted by molar-refractivity contribution is 7.14. The zero-order chi connectivity index (χ0) is 18.0. The molecule has 1 saturated carbocycles. The number of benzene rings is 1. The van der Waals surface area contributed by atoms with Gasteiger partial charge in [0.2, 0.25) is 5.91 Å². The smallest absolute Gasteiger partial charge is 0.232 e. The normalized spacial score (nSPS) is 23.6. The predicted octanol–water partition coefficient (Wildman–Crippen LogP) is 4.95. The SMILES string of the molecule is CC(C)N(C(=O)[C@@H]1CC[C@@H](C)C[C@@H]1O)c1csc(-c2ccccc2)c1. The van der Waals surface area contributed by atoms with E-state index < -0.39 is 6.10 Å². The van der Waals surface area contributed by atoms with Crippen molar-refractivity contribution in [2.45, 2.75) is 52.2 Å². The maximum atomic E-state index is 13.2. The summed E-state index contributed by atoms with van der Waals surface area (Å²) in [4.78, 5) is 16.2. The summed E-state index contributed by atoms with van der Waals surface area (Å²) >= 11 is 1.66. The number of aliphatic hydroxyl groups is 1. The molecule has 0 saturated heterocycles. The van der Waals surface area contributed by atoms with E-state index in [2.05, 4.69) is 30.5 Å². The summed E-state index contributed by atoms with van der Waals surface area (Å²) in [5, 5.41) is 12.5. The standard InChI is InChI=1S/C21H27NO2S/c1-14(2)22(21(24)18-10-9-15(3)11-19(18)23)17-12-20(25-13-17)16-7-5-4-6-8-16/h4-8,12-15,18-19,23H,9-11H2,1-3H3/t15-,18-,19+/m1/s1. The summed E-state index contributed by atoms with van der Waals surface area (Å²) in [5.41, 5.74) is 2.11. The summed E-state index contributed by atoms with van der Waals surface area (Å²) in [6, 6.07) is 12.4. The highest BCUT2D eigenvalue weighted by atomic mass is 32.1. The van der Waals surface area contributed by atoms with Gasteiger partial charge in [0.1, 0.15) is 0 Å². The first-order valence-electron chi connectivity index (χ1n) is 9.12. The molecule has 1 heterocycles. The van der Waals surface area contributed by atoms with Crippen molar-refractivity contribution in [1.29, 1.82) is 0 Å². The van der Waals surface area contributed by atoms with Crippen LogP contribution in [-0.4, -0.2) is 23.2 Å². The van der Waals surface area contributed by atoms with Gasteiger partial charge in [0, 0.05) is 16.3 Å². The minimum atomic E-state index is -0.523. The first-order chi connectivity index (χ1) is 12.0. The molecule has 25 heavy (non-hydrogen) atoms. The van der Waals surface area contributed by atoms with Gasteiger partial charge in [-0.2, -0.15) is 0 Å². The second-order valence-corrected chi connectivity index (χ2v) is 8.34. The molecule has 134 valence electrons.